The van der Waals surface area contributed by atoms with Gasteiger partial charge in [-0.25, -0.2) is 9.37 Å². The molecule has 1 fully saturated rings. The maximum absolute atomic E-state index is 14.2. The zero-order valence-corrected chi connectivity index (χ0v) is 16.5. The summed E-state index contributed by atoms with van der Waals surface area (Å²) < 4.78 is 20.4. The van der Waals surface area contributed by atoms with Crippen molar-refractivity contribution in [2.75, 3.05) is 11.9 Å². The van der Waals surface area contributed by atoms with Crippen LogP contribution in [-0.4, -0.2) is 38.5 Å². The SMILES string of the molecule is CC1(C)Oc2ccccc2C(=O)C1c1c[nH]c2nc(NCC3(F)CCC3)ncc12. The molecule has 1 aromatic carbocycles. The molecule has 6 nitrogen and oxygen atoms in total. The Morgan fingerprint density at radius 3 is 2.86 bits per heavy atom. The Morgan fingerprint density at radius 1 is 1.31 bits per heavy atom. The van der Waals surface area contributed by atoms with Crippen LogP contribution in [0.1, 0.15) is 54.9 Å². The highest BCUT2D eigenvalue weighted by Gasteiger charge is 2.45. The zero-order chi connectivity index (χ0) is 20.2. The number of ketones is 1. The third kappa shape index (κ3) is 2.96. The number of carbonyl (C=O) groups excluding carboxylic acids is 1. The molecule has 0 amide bonds. The van der Waals surface area contributed by atoms with E-state index in [9.17, 15) is 9.18 Å². The Hall–Kier alpha value is -2.96. The first-order valence-corrected chi connectivity index (χ1v) is 9.95. The van der Waals surface area contributed by atoms with Gasteiger partial charge in [-0.05, 0) is 50.8 Å². The first kappa shape index (κ1) is 18.1. The zero-order valence-electron chi connectivity index (χ0n) is 16.5. The molecule has 150 valence electrons. The van der Waals surface area contributed by atoms with Gasteiger partial charge in [0, 0.05) is 17.8 Å². The van der Waals surface area contributed by atoms with Gasteiger partial charge in [0.25, 0.3) is 0 Å². The predicted molar refractivity (Wildman–Crippen MR) is 108 cm³/mol. The first-order valence-electron chi connectivity index (χ1n) is 9.95. The number of Topliss-reactive ketones (excluding diaryl/α,β-unsaturated/α-hetero) is 1. The largest absolute Gasteiger partial charge is 0.486 e. The molecular weight excluding hydrogens is 371 g/mol. The van der Waals surface area contributed by atoms with E-state index in [4.69, 9.17) is 4.74 Å². The van der Waals surface area contributed by atoms with Crippen molar-refractivity contribution in [1.29, 1.82) is 0 Å². The van der Waals surface area contributed by atoms with E-state index in [1.54, 1.807) is 18.5 Å². The van der Waals surface area contributed by atoms with Gasteiger partial charge < -0.3 is 15.0 Å². The van der Waals surface area contributed by atoms with Crippen molar-refractivity contribution in [2.45, 2.75) is 50.3 Å². The van der Waals surface area contributed by atoms with E-state index in [0.29, 0.717) is 35.8 Å². The smallest absolute Gasteiger partial charge is 0.224 e. The third-order valence-corrected chi connectivity index (χ3v) is 6.07. The highest BCUT2D eigenvalue weighted by molar-refractivity contribution is 6.06. The molecule has 1 aliphatic carbocycles. The van der Waals surface area contributed by atoms with Crippen LogP contribution in [0.5, 0.6) is 5.75 Å². The van der Waals surface area contributed by atoms with Crippen LogP contribution < -0.4 is 10.1 Å². The summed E-state index contributed by atoms with van der Waals surface area (Å²) in [6.07, 6.45) is 5.57. The van der Waals surface area contributed by atoms with Crippen LogP contribution in [0, 0.1) is 0 Å². The van der Waals surface area contributed by atoms with E-state index in [0.717, 1.165) is 17.4 Å². The molecule has 1 saturated carbocycles. The number of alkyl halides is 1. The molecule has 1 unspecified atom stereocenters. The van der Waals surface area contributed by atoms with Crippen LogP contribution in [0.15, 0.2) is 36.7 Å². The van der Waals surface area contributed by atoms with Crippen LogP contribution in [0.25, 0.3) is 11.0 Å². The molecule has 2 N–H and O–H groups in total. The summed E-state index contributed by atoms with van der Waals surface area (Å²) in [5.41, 5.74) is 0.128. The van der Waals surface area contributed by atoms with Gasteiger partial charge in [0.15, 0.2) is 5.78 Å². The standard InChI is InChI=1S/C22H23FN4O2/c1-21(2)17(18(28)13-6-3-4-7-16(13)29-21)14-10-24-19-15(14)11-25-20(27-19)26-12-22(23)8-5-9-22/h3-4,6-7,10-11,17H,5,8-9,12H2,1-2H3,(H2,24,25,26,27). The van der Waals surface area contributed by atoms with Crippen LogP contribution >= 0.6 is 0 Å². The van der Waals surface area contributed by atoms with Crippen molar-refractivity contribution in [3.8, 4) is 5.75 Å². The van der Waals surface area contributed by atoms with Crippen molar-refractivity contribution >= 4 is 22.8 Å². The molecule has 0 saturated heterocycles. The van der Waals surface area contributed by atoms with Crippen LogP contribution in [0.4, 0.5) is 10.3 Å². The lowest BCUT2D eigenvalue weighted by Crippen LogP contribution is -2.44. The van der Waals surface area contributed by atoms with Gasteiger partial charge in [-0.15, -0.1) is 0 Å². The second-order valence-corrected chi connectivity index (χ2v) is 8.56. The molecule has 3 heterocycles. The Morgan fingerprint density at radius 2 is 2.10 bits per heavy atom. The highest BCUT2D eigenvalue weighted by Crippen LogP contribution is 2.44. The van der Waals surface area contributed by atoms with Crippen molar-refractivity contribution < 1.29 is 13.9 Å². The summed E-state index contributed by atoms with van der Waals surface area (Å²) in [6.45, 7) is 4.05. The highest BCUT2D eigenvalue weighted by atomic mass is 19.1. The number of rotatable bonds is 4. The second-order valence-electron chi connectivity index (χ2n) is 8.56. The van der Waals surface area contributed by atoms with Gasteiger partial charge in [-0.3, -0.25) is 4.79 Å². The van der Waals surface area contributed by atoms with Crippen molar-refractivity contribution in [3.63, 3.8) is 0 Å². The number of carbonyl (C=O) groups is 1. The average Bonchev–Trinajstić information content (AvgIpc) is 3.07. The fraction of sp³-hybridized carbons (Fsp3) is 0.409. The number of hydrogen-bond donors (Lipinski definition) is 2. The number of H-pyrrole nitrogens is 1. The number of nitrogens with zero attached hydrogens (tertiary/aromatic N) is 2. The van der Waals surface area contributed by atoms with Gasteiger partial charge >= 0.3 is 0 Å². The molecule has 29 heavy (non-hydrogen) atoms. The van der Waals surface area contributed by atoms with Crippen molar-refractivity contribution in [3.05, 3.63) is 47.8 Å². The van der Waals surface area contributed by atoms with Crippen LogP contribution in [0.3, 0.4) is 0 Å². The minimum Gasteiger partial charge on any atom is -0.486 e. The fourth-order valence-corrected chi connectivity index (χ4v) is 4.31. The molecule has 5 rings (SSSR count). The van der Waals surface area contributed by atoms with E-state index >= 15 is 0 Å². The summed E-state index contributed by atoms with van der Waals surface area (Å²) in [4.78, 5) is 25.3. The lowest BCUT2D eigenvalue weighted by Gasteiger charge is -2.38. The number of aromatic amines is 1. The number of anilines is 1. The number of halogens is 1. The van der Waals surface area contributed by atoms with E-state index in [-0.39, 0.29) is 12.3 Å². The van der Waals surface area contributed by atoms with E-state index in [1.165, 1.54) is 0 Å². The van der Waals surface area contributed by atoms with Crippen molar-refractivity contribution in [2.24, 2.45) is 0 Å². The maximum Gasteiger partial charge on any atom is 0.224 e. The first-order chi connectivity index (χ1) is 13.9. The number of aromatic nitrogens is 3. The summed E-state index contributed by atoms with van der Waals surface area (Å²) in [5.74, 6) is 0.519. The van der Waals surface area contributed by atoms with Crippen LogP contribution in [0.2, 0.25) is 0 Å². The number of nitrogens with one attached hydrogen (secondary N) is 2. The number of hydrogen-bond acceptors (Lipinski definition) is 5. The molecule has 7 heteroatoms. The Bertz CT molecular complexity index is 1100. The normalized spacial score (nSPS) is 21.9. The summed E-state index contributed by atoms with van der Waals surface area (Å²) in [5, 5.41) is 3.76. The Kier molecular flexibility index (Phi) is 3.91. The third-order valence-electron chi connectivity index (χ3n) is 6.07. The molecular formula is C22H23FN4O2. The molecule has 0 spiro atoms. The van der Waals surface area contributed by atoms with Gasteiger partial charge in [0.1, 0.15) is 22.7 Å². The van der Waals surface area contributed by atoms with Crippen LogP contribution in [-0.2, 0) is 0 Å². The molecule has 1 aliphatic heterocycles. The molecule has 0 radical (unpaired) electrons. The number of para-hydroxylation sites is 1. The van der Waals surface area contributed by atoms with E-state index in [2.05, 4.69) is 20.3 Å². The number of fused-ring (bicyclic) bond motifs is 2. The van der Waals surface area contributed by atoms with E-state index in [1.807, 2.05) is 32.0 Å². The predicted octanol–water partition coefficient (Wildman–Crippen LogP) is 4.40. The number of ether oxygens (including phenoxy) is 1. The topological polar surface area (TPSA) is 79.9 Å². The number of benzene rings is 1. The summed E-state index contributed by atoms with van der Waals surface area (Å²) in [6, 6.07) is 7.31. The lowest BCUT2D eigenvalue weighted by molar-refractivity contribution is 0.0487. The van der Waals surface area contributed by atoms with Gasteiger partial charge in [0.2, 0.25) is 5.95 Å². The molecule has 3 aromatic rings. The fourth-order valence-electron chi connectivity index (χ4n) is 4.31. The minimum atomic E-state index is -1.15. The van der Waals surface area contributed by atoms with Gasteiger partial charge in [0.05, 0.1) is 18.0 Å². The van der Waals surface area contributed by atoms with E-state index < -0.39 is 17.2 Å². The molecule has 2 aromatic heterocycles. The molecule has 2 aliphatic rings. The van der Waals surface area contributed by atoms with Crippen molar-refractivity contribution in [1.82, 2.24) is 15.0 Å². The molecule has 1 atom stereocenters. The van der Waals surface area contributed by atoms with Gasteiger partial charge in [-0.1, -0.05) is 12.1 Å². The maximum atomic E-state index is 14.2. The average molecular weight is 394 g/mol. The second kappa shape index (κ2) is 6.27. The Balaban J connectivity index is 1.48. The quantitative estimate of drug-likeness (QED) is 0.686. The molecule has 0 bridgehead atoms. The Labute approximate surface area is 167 Å². The summed E-state index contributed by atoms with van der Waals surface area (Å²) >= 11 is 0. The van der Waals surface area contributed by atoms with Gasteiger partial charge in [-0.2, -0.15) is 4.98 Å². The summed E-state index contributed by atoms with van der Waals surface area (Å²) in [7, 11) is 0. The minimum absolute atomic E-state index is 0.0179. The monoisotopic (exact) mass is 394 g/mol. The lowest BCUT2D eigenvalue weighted by atomic mass is 9.77.